The van der Waals surface area contributed by atoms with Gasteiger partial charge in [0, 0.05) is 35.2 Å². The van der Waals surface area contributed by atoms with Crippen LogP contribution in [-0.2, 0) is 11.3 Å². The van der Waals surface area contributed by atoms with E-state index in [0.717, 1.165) is 27.7 Å². The van der Waals surface area contributed by atoms with Crippen LogP contribution in [0, 0.1) is 11.4 Å². The predicted molar refractivity (Wildman–Crippen MR) is 132 cm³/mol. The first-order valence-electron chi connectivity index (χ1n) is 11.5. The molecular weight excluding hydrogens is 563 g/mol. The first-order valence-corrected chi connectivity index (χ1v) is 12.6. The molecule has 4 aromatic heterocycles. The summed E-state index contributed by atoms with van der Waals surface area (Å²) in [6.45, 7) is -1.93. The maximum Gasteiger partial charge on any atom is 0.405 e. The molecule has 1 unspecified atom stereocenters. The SMILES string of the molecule is N=Cc1ccc([C@H]2CC2c2cc(-c3cn(COP(O)O)c(=O)[nH]c3=O)nn3c(F)cnc23)nc1NCC(F)(F)F. The van der Waals surface area contributed by atoms with E-state index in [-0.39, 0.29) is 40.1 Å². The van der Waals surface area contributed by atoms with Crippen molar-refractivity contribution in [3.8, 4) is 11.3 Å². The Kier molecular flexibility index (Phi) is 7.22. The summed E-state index contributed by atoms with van der Waals surface area (Å²) in [6.07, 6.45) is -1.12. The number of nitrogens with zero attached hydrogens (tertiary/aromatic N) is 5. The van der Waals surface area contributed by atoms with Crippen LogP contribution in [0.4, 0.5) is 23.4 Å². The molecule has 0 saturated heterocycles. The van der Waals surface area contributed by atoms with Gasteiger partial charge in [-0.2, -0.15) is 27.2 Å². The zero-order valence-electron chi connectivity index (χ0n) is 20.1. The maximum absolute atomic E-state index is 14.6. The number of anilines is 1. The Morgan fingerprint density at radius 2 is 2.05 bits per heavy atom. The number of nitrogens with one attached hydrogen (secondary N) is 3. The molecule has 1 saturated carbocycles. The second kappa shape index (κ2) is 10.5. The quantitative estimate of drug-likeness (QED) is 0.112. The van der Waals surface area contributed by atoms with Crippen molar-refractivity contribution in [1.29, 1.82) is 5.41 Å². The molecule has 0 aliphatic heterocycles. The largest absolute Gasteiger partial charge is 0.405 e. The number of imidazole rings is 1. The lowest BCUT2D eigenvalue weighted by molar-refractivity contribution is -0.115. The Hall–Kier alpha value is -4.05. The van der Waals surface area contributed by atoms with Gasteiger partial charge in [0.2, 0.25) is 5.95 Å². The van der Waals surface area contributed by atoms with Crippen molar-refractivity contribution in [1.82, 2.24) is 29.1 Å². The van der Waals surface area contributed by atoms with Crippen LogP contribution >= 0.6 is 8.60 Å². The number of hydrogen-bond donors (Lipinski definition) is 5. The highest BCUT2D eigenvalue weighted by molar-refractivity contribution is 7.39. The number of halogens is 4. The number of pyridine rings is 1. The zero-order valence-corrected chi connectivity index (χ0v) is 20.9. The highest BCUT2D eigenvalue weighted by atomic mass is 31.2. The second-order valence-corrected chi connectivity index (χ2v) is 9.58. The lowest BCUT2D eigenvalue weighted by Gasteiger charge is -2.13. The van der Waals surface area contributed by atoms with Gasteiger partial charge in [0.25, 0.3) is 5.56 Å². The van der Waals surface area contributed by atoms with Crippen LogP contribution in [0.15, 0.2) is 40.2 Å². The van der Waals surface area contributed by atoms with Crippen LogP contribution in [0.2, 0.25) is 0 Å². The van der Waals surface area contributed by atoms with Crippen molar-refractivity contribution in [3.63, 3.8) is 0 Å². The fourth-order valence-corrected chi connectivity index (χ4v) is 4.50. The van der Waals surface area contributed by atoms with E-state index in [4.69, 9.17) is 15.2 Å². The van der Waals surface area contributed by atoms with Crippen molar-refractivity contribution in [3.05, 3.63) is 74.2 Å². The van der Waals surface area contributed by atoms with Gasteiger partial charge in [0.15, 0.2) is 5.65 Å². The monoisotopic (exact) mass is 582 g/mol. The minimum Gasteiger partial charge on any atom is -0.361 e. The van der Waals surface area contributed by atoms with Crippen LogP contribution in [0.25, 0.3) is 16.9 Å². The molecule has 5 rings (SSSR count). The minimum atomic E-state index is -4.49. The van der Waals surface area contributed by atoms with Crippen molar-refractivity contribution < 1.29 is 31.9 Å². The zero-order chi connectivity index (χ0) is 28.8. The number of H-pyrrole nitrogens is 1. The molecule has 4 aromatic rings. The normalized spacial score (nSPS) is 17.0. The van der Waals surface area contributed by atoms with Crippen LogP contribution in [0.5, 0.6) is 0 Å². The maximum atomic E-state index is 14.6. The third-order valence-corrected chi connectivity index (χ3v) is 6.53. The molecule has 1 aliphatic carbocycles. The van der Waals surface area contributed by atoms with Crippen LogP contribution in [0.3, 0.4) is 0 Å². The molecule has 0 bridgehead atoms. The summed E-state index contributed by atoms with van der Waals surface area (Å²) in [5.41, 5.74) is -0.675. The van der Waals surface area contributed by atoms with Gasteiger partial charge in [-0.1, -0.05) is 0 Å². The van der Waals surface area contributed by atoms with Gasteiger partial charge in [0.05, 0.1) is 17.5 Å². The summed E-state index contributed by atoms with van der Waals surface area (Å²) in [7, 11) is -2.78. The molecule has 4 heterocycles. The van der Waals surface area contributed by atoms with Gasteiger partial charge in [0.1, 0.15) is 19.1 Å². The highest BCUT2D eigenvalue weighted by Crippen LogP contribution is 2.55. The fourth-order valence-electron chi connectivity index (χ4n) is 4.27. The number of hydrogen-bond acceptors (Lipinski definition) is 10. The number of alkyl halides is 3. The molecule has 0 spiro atoms. The molecule has 0 aromatic carbocycles. The highest BCUT2D eigenvalue weighted by Gasteiger charge is 2.43. The summed E-state index contributed by atoms with van der Waals surface area (Å²) in [5, 5.41) is 13.8. The van der Waals surface area contributed by atoms with Gasteiger partial charge >= 0.3 is 20.5 Å². The van der Waals surface area contributed by atoms with E-state index in [1.54, 1.807) is 6.07 Å². The summed E-state index contributed by atoms with van der Waals surface area (Å²) in [4.78, 5) is 53.1. The number of fused-ring (bicyclic) bond motifs is 1. The Morgan fingerprint density at radius 1 is 1.27 bits per heavy atom. The number of aromatic nitrogens is 6. The predicted octanol–water partition coefficient (Wildman–Crippen LogP) is 2.21. The van der Waals surface area contributed by atoms with Crippen LogP contribution < -0.4 is 16.6 Å². The molecule has 1 fully saturated rings. The molecule has 5 N–H and O–H groups in total. The van der Waals surface area contributed by atoms with Crippen molar-refractivity contribution in [2.75, 3.05) is 11.9 Å². The van der Waals surface area contributed by atoms with E-state index >= 15 is 0 Å². The average Bonchev–Trinajstić information content (AvgIpc) is 3.61. The van der Waals surface area contributed by atoms with Gasteiger partial charge in [-0.15, -0.1) is 0 Å². The number of aromatic amines is 1. The van der Waals surface area contributed by atoms with Crippen LogP contribution in [0.1, 0.15) is 35.1 Å². The molecule has 13 nitrogen and oxygen atoms in total. The van der Waals surface area contributed by atoms with E-state index in [2.05, 4.69) is 29.9 Å². The second-order valence-electron chi connectivity index (χ2n) is 8.82. The lowest BCUT2D eigenvalue weighted by Crippen LogP contribution is -2.31. The molecule has 40 heavy (non-hydrogen) atoms. The van der Waals surface area contributed by atoms with Crippen molar-refractivity contribution >= 4 is 26.3 Å². The fraction of sp³-hybridized carbons (Fsp3) is 0.273. The van der Waals surface area contributed by atoms with Crippen molar-refractivity contribution in [2.45, 2.75) is 31.2 Å². The average molecular weight is 582 g/mol. The Balaban J connectivity index is 1.52. The van der Waals surface area contributed by atoms with E-state index in [1.165, 1.54) is 12.1 Å². The Labute approximate surface area is 221 Å². The molecular formula is C22H19F4N8O5P. The standard InChI is InChI=1S/C22H19F4N8O5P/c23-17-6-28-19-13(11-3-12(11)15-2-1-10(5-27)18(30-15)29-8-22(24,25)26)4-16(32-34(17)19)14-7-33(9-39-40(37)38)21(36)31-20(14)35/h1-2,4-7,11-12,27,37-38H,3,8-9H2,(H,29,30)(H,31,35,36)/t11?,12-/m0/s1. The summed E-state index contributed by atoms with van der Waals surface area (Å²) in [5.74, 6) is -1.55. The third-order valence-electron chi connectivity index (χ3n) is 6.18. The third kappa shape index (κ3) is 5.62. The topological polar surface area (TPSA) is 184 Å². The molecule has 210 valence electrons. The molecule has 1 aliphatic rings. The smallest absolute Gasteiger partial charge is 0.361 e. The van der Waals surface area contributed by atoms with E-state index in [9.17, 15) is 27.2 Å². The first kappa shape index (κ1) is 27.5. The molecule has 0 radical (unpaired) electrons. The van der Waals surface area contributed by atoms with Gasteiger partial charge in [-0.3, -0.25) is 18.9 Å². The molecule has 2 atom stereocenters. The lowest BCUT2D eigenvalue weighted by atomic mass is 10.1. The van der Waals surface area contributed by atoms with Gasteiger partial charge in [-0.05, 0) is 30.5 Å². The van der Waals surface area contributed by atoms with Gasteiger partial charge in [-0.25, -0.2) is 14.8 Å². The summed E-state index contributed by atoms with van der Waals surface area (Å²) < 4.78 is 59.2. The van der Waals surface area contributed by atoms with E-state index in [0.29, 0.717) is 17.7 Å². The minimum absolute atomic E-state index is 0.0324. The Morgan fingerprint density at radius 3 is 2.75 bits per heavy atom. The summed E-state index contributed by atoms with van der Waals surface area (Å²) in [6, 6.07) is 4.56. The van der Waals surface area contributed by atoms with E-state index < -0.39 is 45.3 Å². The molecule has 0 amide bonds. The molecule has 18 heteroatoms. The van der Waals surface area contributed by atoms with Gasteiger partial charge < -0.3 is 20.5 Å². The first-order chi connectivity index (χ1) is 18.9. The van der Waals surface area contributed by atoms with Crippen molar-refractivity contribution in [2.24, 2.45) is 0 Å². The van der Waals surface area contributed by atoms with Crippen LogP contribution in [-0.4, -0.2) is 57.9 Å². The summed E-state index contributed by atoms with van der Waals surface area (Å²) >= 11 is 0. The number of rotatable bonds is 9. The Bertz CT molecular complexity index is 1720. The van der Waals surface area contributed by atoms with E-state index in [1.807, 2.05) is 0 Å².